The second-order valence-electron chi connectivity index (χ2n) is 6.51. The summed E-state index contributed by atoms with van der Waals surface area (Å²) in [5, 5.41) is 5.51. The van der Waals surface area contributed by atoms with Crippen molar-refractivity contribution in [2.75, 3.05) is 11.9 Å². The highest BCUT2D eigenvalue weighted by Gasteiger charge is 2.19. The molecule has 6 heteroatoms. The molecule has 0 bridgehead atoms. The second kappa shape index (κ2) is 7.99. The Morgan fingerprint density at radius 3 is 2.54 bits per heavy atom. The smallest absolute Gasteiger partial charge is 0.319 e. The van der Waals surface area contributed by atoms with Crippen LogP contribution in [-0.4, -0.2) is 23.4 Å². The minimum atomic E-state index is -0.325. The number of carbonyl (C=O) groups is 2. The third-order valence-electron chi connectivity index (χ3n) is 4.43. The summed E-state index contributed by atoms with van der Waals surface area (Å²) in [4.78, 5) is 25.5. The Morgan fingerprint density at radius 2 is 1.88 bits per heavy atom. The van der Waals surface area contributed by atoms with E-state index in [2.05, 4.69) is 10.6 Å². The molecular weight excluding hydrogens is 333 g/mol. The molecule has 0 unspecified atom stereocenters. The minimum Gasteiger partial charge on any atom is -0.338 e. The Kier molecular flexibility index (Phi) is 5.51. The molecule has 26 heavy (non-hydrogen) atoms. The number of amides is 3. The molecule has 2 aromatic rings. The van der Waals surface area contributed by atoms with Crippen molar-refractivity contribution in [2.45, 2.75) is 32.9 Å². The number of hydrogen-bond donors (Lipinski definition) is 2. The van der Waals surface area contributed by atoms with Crippen molar-refractivity contribution in [3.63, 3.8) is 0 Å². The Labute approximate surface area is 152 Å². The van der Waals surface area contributed by atoms with E-state index in [9.17, 15) is 14.0 Å². The van der Waals surface area contributed by atoms with Crippen molar-refractivity contribution >= 4 is 17.6 Å². The van der Waals surface area contributed by atoms with E-state index < -0.39 is 0 Å². The van der Waals surface area contributed by atoms with Gasteiger partial charge in [-0.1, -0.05) is 24.3 Å². The lowest BCUT2D eigenvalue weighted by Crippen LogP contribution is -2.28. The first-order chi connectivity index (χ1) is 12.5. The summed E-state index contributed by atoms with van der Waals surface area (Å²) in [5.41, 5.74) is 3.10. The van der Waals surface area contributed by atoms with Gasteiger partial charge in [0.05, 0.1) is 0 Å². The number of rotatable bonds is 5. The molecule has 0 atom stereocenters. The average molecular weight is 355 g/mol. The summed E-state index contributed by atoms with van der Waals surface area (Å²) in [6.45, 7) is 3.43. The fourth-order valence-electron chi connectivity index (χ4n) is 2.96. The summed E-state index contributed by atoms with van der Waals surface area (Å²) in [6.07, 6.45) is 1.56. The highest BCUT2D eigenvalue weighted by atomic mass is 19.1. The van der Waals surface area contributed by atoms with Crippen molar-refractivity contribution in [2.24, 2.45) is 0 Å². The number of hydrogen-bond acceptors (Lipinski definition) is 2. The van der Waals surface area contributed by atoms with Crippen molar-refractivity contribution in [1.82, 2.24) is 10.2 Å². The van der Waals surface area contributed by atoms with Gasteiger partial charge in [-0.25, -0.2) is 9.18 Å². The fourth-order valence-corrected chi connectivity index (χ4v) is 2.96. The van der Waals surface area contributed by atoms with Gasteiger partial charge in [0, 0.05) is 31.7 Å². The van der Waals surface area contributed by atoms with Crippen LogP contribution in [0.15, 0.2) is 42.5 Å². The number of halogens is 1. The van der Waals surface area contributed by atoms with Gasteiger partial charge in [-0.3, -0.25) is 4.79 Å². The predicted molar refractivity (Wildman–Crippen MR) is 98.1 cm³/mol. The molecular formula is C20H22FN3O2. The molecule has 1 fully saturated rings. The largest absolute Gasteiger partial charge is 0.338 e. The number of carbonyl (C=O) groups excluding carboxylic acids is 2. The van der Waals surface area contributed by atoms with Crippen molar-refractivity contribution in [3.8, 4) is 0 Å². The van der Waals surface area contributed by atoms with Crippen LogP contribution in [0.3, 0.4) is 0 Å². The molecule has 0 spiro atoms. The lowest BCUT2D eigenvalue weighted by Gasteiger charge is -2.15. The van der Waals surface area contributed by atoms with E-state index in [0.717, 1.165) is 24.1 Å². The third kappa shape index (κ3) is 4.59. The lowest BCUT2D eigenvalue weighted by molar-refractivity contribution is -0.128. The zero-order chi connectivity index (χ0) is 18.5. The zero-order valence-electron chi connectivity index (χ0n) is 14.7. The molecule has 2 aromatic carbocycles. The first-order valence-electron chi connectivity index (χ1n) is 8.68. The maximum Gasteiger partial charge on any atom is 0.319 e. The molecule has 1 saturated heterocycles. The highest BCUT2D eigenvalue weighted by molar-refractivity contribution is 5.89. The molecule has 1 aliphatic heterocycles. The Bertz CT molecular complexity index is 805. The van der Waals surface area contributed by atoms with Crippen LogP contribution >= 0.6 is 0 Å². The summed E-state index contributed by atoms with van der Waals surface area (Å²) in [5.74, 6) is -0.0588. The Morgan fingerprint density at radius 1 is 1.15 bits per heavy atom. The molecule has 0 radical (unpaired) electrons. The van der Waals surface area contributed by atoms with E-state index >= 15 is 0 Å². The number of aryl methyl sites for hydroxylation is 1. The average Bonchev–Trinajstić information content (AvgIpc) is 3.02. The fraction of sp³-hybridized carbons (Fsp3) is 0.300. The molecule has 0 aromatic heterocycles. The van der Waals surface area contributed by atoms with Gasteiger partial charge in [-0.15, -0.1) is 0 Å². The lowest BCUT2D eigenvalue weighted by atomic mass is 10.1. The maximum absolute atomic E-state index is 13.2. The molecule has 0 aliphatic carbocycles. The van der Waals surface area contributed by atoms with E-state index in [1.54, 1.807) is 19.1 Å². The summed E-state index contributed by atoms with van der Waals surface area (Å²) in [7, 11) is 0. The number of anilines is 1. The highest BCUT2D eigenvalue weighted by Crippen LogP contribution is 2.16. The predicted octanol–water partition coefficient (Wildman–Crippen LogP) is 3.58. The number of nitrogens with zero attached hydrogens (tertiary/aromatic N) is 1. The van der Waals surface area contributed by atoms with Gasteiger partial charge in [0.25, 0.3) is 0 Å². The van der Waals surface area contributed by atoms with Crippen LogP contribution in [0.5, 0.6) is 0 Å². The van der Waals surface area contributed by atoms with Gasteiger partial charge in [0.15, 0.2) is 0 Å². The first kappa shape index (κ1) is 17.9. The summed E-state index contributed by atoms with van der Waals surface area (Å²) >= 11 is 0. The SMILES string of the molecule is Cc1cc(CNC(=O)Nc2ccc(CN3CCCC3=O)cc2)ccc1F. The quantitative estimate of drug-likeness (QED) is 0.861. The van der Waals surface area contributed by atoms with Crippen molar-refractivity contribution < 1.29 is 14.0 Å². The van der Waals surface area contributed by atoms with Gasteiger partial charge in [-0.2, -0.15) is 0 Å². The number of benzene rings is 2. The molecule has 5 nitrogen and oxygen atoms in total. The molecule has 1 heterocycles. The third-order valence-corrected chi connectivity index (χ3v) is 4.43. The Hall–Kier alpha value is -2.89. The van der Waals surface area contributed by atoms with E-state index in [0.29, 0.717) is 30.8 Å². The van der Waals surface area contributed by atoms with Crippen LogP contribution in [0.2, 0.25) is 0 Å². The molecule has 2 N–H and O–H groups in total. The van der Waals surface area contributed by atoms with Gasteiger partial charge < -0.3 is 15.5 Å². The Balaban J connectivity index is 1.49. The number of urea groups is 1. The van der Waals surface area contributed by atoms with E-state index in [1.807, 2.05) is 29.2 Å². The second-order valence-corrected chi connectivity index (χ2v) is 6.51. The molecule has 1 aliphatic rings. The van der Waals surface area contributed by atoms with Gasteiger partial charge in [-0.05, 0) is 48.2 Å². The van der Waals surface area contributed by atoms with E-state index in [1.165, 1.54) is 6.07 Å². The van der Waals surface area contributed by atoms with Gasteiger partial charge >= 0.3 is 6.03 Å². The molecule has 3 amide bonds. The minimum absolute atomic E-state index is 0.197. The summed E-state index contributed by atoms with van der Waals surface area (Å²) in [6, 6.07) is 11.9. The van der Waals surface area contributed by atoms with E-state index in [4.69, 9.17) is 0 Å². The number of likely N-dealkylation sites (tertiary alicyclic amines) is 1. The standard InChI is InChI=1S/C20H22FN3O2/c1-14-11-16(6-9-18(14)21)12-22-20(26)23-17-7-4-15(5-8-17)13-24-10-2-3-19(24)25/h4-9,11H,2-3,10,12-13H2,1H3,(H2,22,23,26). The summed E-state index contributed by atoms with van der Waals surface area (Å²) < 4.78 is 13.2. The van der Waals surface area contributed by atoms with Crippen LogP contribution < -0.4 is 10.6 Å². The zero-order valence-corrected chi connectivity index (χ0v) is 14.7. The molecule has 3 rings (SSSR count). The topological polar surface area (TPSA) is 61.4 Å². The molecule has 136 valence electrons. The molecule has 0 saturated carbocycles. The van der Waals surface area contributed by atoms with Crippen LogP contribution in [0.25, 0.3) is 0 Å². The first-order valence-corrected chi connectivity index (χ1v) is 8.68. The van der Waals surface area contributed by atoms with Crippen molar-refractivity contribution in [1.29, 1.82) is 0 Å². The van der Waals surface area contributed by atoms with Crippen LogP contribution in [0.4, 0.5) is 14.9 Å². The van der Waals surface area contributed by atoms with Crippen LogP contribution in [-0.2, 0) is 17.9 Å². The van der Waals surface area contributed by atoms with Crippen molar-refractivity contribution in [3.05, 3.63) is 65.0 Å². The normalized spacial score (nSPS) is 13.8. The van der Waals surface area contributed by atoms with Crippen LogP contribution in [0.1, 0.15) is 29.5 Å². The van der Waals surface area contributed by atoms with Gasteiger partial charge in [0.1, 0.15) is 5.82 Å². The number of nitrogens with one attached hydrogen (secondary N) is 2. The van der Waals surface area contributed by atoms with Gasteiger partial charge in [0.2, 0.25) is 5.91 Å². The maximum atomic E-state index is 13.2. The van der Waals surface area contributed by atoms with Crippen LogP contribution in [0, 0.1) is 12.7 Å². The monoisotopic (exact) mass is 355 g/mol. The van der Waals surface area contributed by atoms with E-state index in [-0.39, 0.29) is 17.8 Å².